The molecule has 20 heavy (non-hydrogen) atoms. The molecule has 2 atom stereocenters. The minimum absolute atomic E-state index is 0.346. The standard InChI is InChI=1S/C15H23N3O2/c1-5-18(10(2)9-17(3)4)11-6-7-12-13(8-11)16-15(20)14(12)19/h6-8,10,14,19H,5,9H2,1-4H3,(H,16,20). The topological polar surface area (TPSA) is 55.8 Å². The van der Waals surface area contributed by atoms with Crippen molar-refractivity contribution in [1.29, 1.82) is 0 Å². The zero-order chi connectivity index (χ0) is 14.9. The van der Waals surface area contributed by atoms with Crippen molar-refractivity contribution in [1.82, 2.24) is 4.90 Å². The van der Waals surface area contributed by atoms with Crippen LogP contribution < -0.4 is 10.2 Å². The summed E-state index contributed by atoms with van der Waals surface area (Å²) in [6, 6.07) is 6.12. The van der Waals surface area contributed by atoms with Gasteiger partial charge in [-0.15, -0.1) is 0 Å². The van der Waals surface area contributed by atoms with Gasteiger partial charge in [-0.1, -0.05) is 6.07 Å². The Kier molecular flexibility index (Phi) is 4.30. The van der Waals surface area contributed by atoms with Crippen LogP contribution in [-0.2, 0) is 4.79 Å². The third kappa shape index (κ3) is 2.78. The van der Waals surface area contributed by atoms with E-state index < -0.39 is 6.10 Å². The van der Waals surface area contributed by atoms with Gasteiger partial charge < -0.3 is 20.2 Å². The van der Waals surface area contributed by atoms with Crippen LogP contribution in [0, 0.1) is 0 Å². The third-order valence-electron chi connectivity index (χ3n) is 3.67. The number of carbonyl (C=O) groups is 1. The zero-order valence-electron chi connectivity index (χ0n) is 12.6. The summed E-state index contributed by atoms with van der Waals surface area (Å²) in [6.07, 6.45) is -1.03. The van der Waals surface area contributed by atoms with E-state index in [4.69, 9.17) is 0 Å². The quantitative estimate of drug-likeness (QED) is 0.855. The van der Waals surface area contributed by atoms with E-state index in [1.165, 1.54) is 0 Å². The molecular formula is C15H23N3O2. The molecule has 2 unspecified atom stereocenters. The van der Waals surface area contributed by atoms with E-state index >= 15 is 0 Å². The first-order valence-electron chi connectivity index (χ1n) is 6.98. The fourth-order valence-electron chi connectivity index (χ4n) is 2.79. The van der Waals surface area contributed by atoms with E-state index in [1.54, 1.807) is 0 Å². The van der Waals surface area contributed by atoms with E-state index in [0.29, 0.717) is 11.6 Å². The summed E-state index contributed by atoms with van der Waals surface area (Å²) in [5, 5.41) is 12.5. The highest BCUT2D eigenvalue weighted by Gasteiger charge is 2.29. The molecule has 0 aromatic heterocycles. The van der Waals surface area contributed by atoms with Gasteiger partial charge >= 0.3 is 0 Å². The summed E-state index contributed by atoms with van der Waals surface area (Å²) < 4.78 is 0. The molecule has 1 aliphatic heterocycles. The first kappa shape index (κ1) is 14.8. The van der Waals surface area contributed by atoms with E-state index in [-0.39, 0.29) is 5.91 Å². The van der Waals surface area contributed by atoms with Gasteiger partial charge in [0.15, 0.2) is 6.10 Å². The van der Waals surface area contributed by atoms with Gasteiger partial charge in [-0.05, 0) is 40.1 Å². The lowest BCUT2D eigenvalue weighted by Crippen LogP contribution is -2.40. The van der Waals surface area contributed by atoms with Gasteiger partial charge in [0.25, 0.3) is 5.91 Å². The van der Waals surface area contributed by atoms with Crippen LogP contribution in [0.1, 0.15) is 25.5 Å². The Morgan fingerprint density at radius 3 is 2.70 bits per heavy atom. The molecule has 0 bridgehead atoms. The number of fused-ring (bicyclic) bond motifs is 1. The average Bonchev–Trinajstić information content (AvgIpc) is 2.65. The maximum absolute atomic E-state index is 11.5. The Morgan fingerprint density at radius 1 is 1.40 bits per heavy atom. The maximum atomic E-state index is 11.5. The van der Waals surface area contributed by atoms with Gasteiger partial charge in [0.2, 0.25) is 0 Å². The van der Waals surface area contributed by atoms with Crippen LogP contribution in [0.25, 0.3) is 0 Å². The molecule has 110 valence electrons. The number of likely N-dealkylation sites (N-methyl/N-ethyl adjacent to an activating group) is 2. The first-order chi connectivity index (χ1) is 9.43. The van der Waals surface area contributed by atoms with Gasteiger partial charge in [0.05, 0.1) is 0 Å². The fourth-order valence-corrected chi connectivity index (χ4v) is 2.79. The molecular weight excluding hydrogens is 254 g/mol. The van der Waals surface area contributed by atoms with Gasteiger partial charge in [-0.3, -0.25) is 4.79 Å². The molecule has 0 saturated heterocycles. The molecule has 0 aliphatic carbocycles. The minimum Gasteiger partial charge on any atom is -0.378 e. The number of aliphatic hydroxyl groups is 1. The van der Waals surface area contributed by atoms with Crippen molar-refractivity contribution in [2.24, 2.45) is 0 Å². The van der Waals surface area contributed by atoms with Gasteiger partial charge in [-0.25, -0.2) is 0 Å². The second-order valence-electron chi connectivity index (χ2n) is 5.56. The summed E-state index contributed by atoms with van der Waals surface area (Å²) in [5.41, 5.74) is 2.44. The van der Waals surface area contributed by atoms with Crippen molar-refractivity contribution in [2.75, 3.05) is 37.4 Å². The van der Waals surface area contributed by atoms with Crippen LogP contribution in [0.15, 0.2) is 18.2 Å². The van der Waals surface area contributed by atoms with Crippen LogP contribution in [0.3, 0.4) is 0 Å². The third-order valence-corrected chi connectivity index (χ3v) is 3.67. The molecule has 2 N–H and O–H groups in total. The van der Waals surface area contributed by atoms with Gasteiger partial charge in [0, 0.05) is 36.1 Å². The lowest BCUT2D eigenvalue weighted by atomic mass is 10.1. The number of hydrogen-bond donors (Lipinski definition) is 2. The van der Waals surface area contributed by atoms with Crippen LogP contribution in [0.2, 0.25) is 0 Å². The summed E-state index contributed by atoms with van der Waals surface area (Å²) in [5.74, 6) is -0.346. The monoisotopic (exact) mass is 277 g/mol. The number of nitrogens with zero attached hydrogens (tertiary/aromatic N) is 2. The van der Waals surface area contributed by atoms with Gasteiger partial charge in [-0.2, -0.15) is 0 Å². The Balaban J connectivity index is 2.24. The second kappa shape index (κ2) is 5.81. The predicted octanol–water partition coefficient (Wildman–Crippen LogP) is 1.45. The largest absolute Gasteiger partial charge is 0.378 e. The molecule has 0 spiro atoms. The van der Waals surface area contributed by atoms with Crippen LogP contribution in [-0.4, -0.2) is 49.1 Å². The Morgan fingerprint density at radius 2 is 2.10 bits per heavy atom. The van der Waals surface area contributed by atoms with E-state index in [0.717, 1.165) is 24.5 Å². The summed E-state index contributed by atoms with van der Waals surface area (Å²) in [4.78, 5) is 15.9. The van der Waals surface area contributed by atoms with Crippen molar-refractivity contribution in [3.63, 3.8) is 0 Å². The highest BCUT2D eigenvalue weighted by atomic mass is 16.3. The highest BCUT2D eigenvalue weighted by molar-refractivity contribution is 6.02. The number of nitrogens with one attached hydrogen (secondary N) is 1. The number of anilines is 2. The molecule has 0 saturated carbocycles. The normalized spacial score (nSPS) is 18.9. The molecule has 2 rings (SSSR count). The lowest BCUT2D eigenvalue weighted by Gasteiger charge is -2.32. The summed E-state index contributed by atoms with van der Waals surface area (Å²) >= 11 is 0. The van der Waals surface area contributed by atoms with Crippen molar-refractivity contribution in [3.05, 3.63) is 23.8 Å². The number of carbonyl (C=O) groups excluding carboxylic acids is 1. The number of benzene rings is 1. The highest BCUT2D eigenvalue weighted by Crippen LogP contribution is 2.34. The molecule has 1 heterocycles. The SMILES string of the molecule is CCN(c1ccc2c(c1)NC(=O)C2O)C(C)CN(C)C. The van der Waals surface area contributed by atoms with Gasteiger partial charge in [0.1, 0.15) is 0 Å². The molecule has 1 aromatic carbocycles. The Hall–Kier alpha value is -1.59. The number of amides is 1. The molecule has 1 aromatic rings. The lowest BCUT2D eigenvalue weighted by molar-refractivity contribution is -0.123. The molecule has 1 aliphatic rings. The average molecular weight is 277 g/mol. The fraction of sp³-hybridized carbons (Fsp3) is 0.533. The zero-order valence-corrected chi connectivity index (χ0v) is 12.6. The van der Waals surface area contributed by atoms with E-state index in [1.807, 2.05) is 18.2 Å². The van der Waals surface area contributed by atoms with E-state index in [9.17, 15) is 9.90 Å². The number of aliphatic hydroxyl groups excluding tert-OH is 1. The van der Waals surface area contributed by atoms with Crippen LogP contribution in [0.4, 0.5) is 11.4 Å². The van der Waals surface area contributed by atoms with Crippen LogP contribution in [0.5, 0.6) is 0 Å². The van der Waals surface area contributed by atoms with E-state index in [2.05, 4.69) is 43.1 Å². The second-order valence-corrected chi connectivity index (χ2v) is 5.56. The predicted molar refractivity (Wildman–Crippen MR) is 81.1 cm³/mol. The Labute approximate surface area is 120 Å². The van der Waals surface area contributed by atoms with Crippen LogP contribution >= 0.6 is 0 Å². The van der Waals surface area contributed by atoms with Crippen molar-refractivity contribution in [2.45, 2.75) is 26.0 Å². The minimum atomic E-state index is -1.03. The Bertz CT molecular complexity index is 502. The maximum Gasteiger partial charge on any atom is 0.257 e. The van der Waals surface area contributed by atoms with Crippen molar-refractivity contribution >= 4 is 17.3 Å². The summed E-state index contributed by atoms with van der Waals surface area (Å²) in [6.45, 7) is 6.15. The number of hydrogen-bond acceptors (Lipinski definition) is 4. The molecule has 5 heteroatoms. The van der Waals surface area contributed by atoms with Crippen molar-refractivity contribution < 1.29 is 9.90 Å². The number of rotatable bonds is 5. The summed E-state index contributed by atoms with van der Waals surface area (Å²) in [7, 11) is 4.12. The molecule has 0 radical (unpaired) electrons. The molecule has 5 nitrogen and oxygen atoms in total. The smallest absolute Gasteiger partial charge is 0.257 e. The molecule has 1 amide bonds. The van der Waals surface area contributed by atoms with Crippen molar-refractivity contribution in [3.8, 4) is 0 Å². The first-order valence-corrected chi connectivity index (χ1v) is 6.98. The molecule has 0 fully saturated rings.